The third-order valence-corrected chi connectivity index (χ3v) is 5.90. The van der Waals surface area contributed by atoms with E-state index in [0.29, 0.717) is 27.8 Å². The molecule has 0 bridgehead atoms. The number of hydrogen-bond donors (Lipinski definition) is 3. The van der Waals surface area contributed by atoms with E-state index in [-0.39, 0.29) is 17.0 Å². The number of ether oxygens (including phenoxy) is 1. The van der Waals surface area contributed by atoms with Crippen LogP contribution in [-0.4, -0.2) is 24.1 Å². The van der Waals surface area contributed by atoms with Gasteiger partial charge in [-0.15, -0.1) is 11.3 Å². The molecule has 1 aliphatic carbocycles. The summed E-state index contributed by atoms with van der Waals surface area (Å²) in [5, 5.41) is 3.83. The van der Waals surface area contributed by atoms with Gasteiger partial charge in [0.25, 0.3) is 5.91 Å². The lowest BCUT2D eigenvalue weighted by Crippen LogP contribution is -2.43. The summed E-state index contributed by atoms with van der Waals surface area (Å²) in [5.74, 6) is 0.349. The molecule has 0 saturated carbocycles. The van der Waals surface area contributed by atoms with E-state index in [9.17, 15) is 9.59 Å². The van der Waals surface area contributed by atoms with E-state index in [2.05, 4.69) is 23.1 Å². The van der Waals surface area contributed by atoms with Crippen LogP contribution in [0.5, 0.6) is 0 Å². The second-order valence-electron chi connectivity index (χ2n) is 6.47. The standard InChI is InChI=1S/C18H21N3O4S2/c1-9-4-5-12-13(8-9)27-16(14(12)17(23)24-3)19-18(26)21-20-15(22)11-6-7-25-10(11)2/h6-7,9H,4-5,8H2,1-3H3,(H,20,22)(H2,19,21,26)/t9-/m0/s1. The van der Waals surface area contributed by atoms with Gasteiger partial charge in [0.15, 0.2) is 5.11 Å². The SMILES string of the molecule is COC(=O)c1c(NC(=S)NNC(=O)c2ccoc2C)sc2c1CC[C@H](C)C2. The van der Waals surface area contributed by atoms with Crippen molar-refractivity contribution in [3.63, 3.8) is 0 Å². The molecule has 144 valence electrons. The number of methoxy groups -OCH3 is 1. The number of fused-ring (bicyclic) bond motifs is 1. The number of hydrazine groups is 1. The van der Waals surface area contributed by atoms with Gasteiger partial charge in [-0.1, -0.05) is 6.92 Å². The number of carbonyl (C=O) groups is 2. The number of anilines is 1. The van der Waals surface area contributed by atoms with Crippen LogP contribution in [0.2, 0.25) is 0 Å². The second-order valence-corrected chi connectivity index (χ2v) is 7.98. The fraction of sp³-hybridized carbons (Fsp3) is 0.389. The molecule has 27 heavy (non-hydrogen) atoms. The summed E-state index contributed by atoms with van der Waals surface area (Å²) in [6.07, 6.45) is 4.26. The zero-order valence-corrected chi connectivity index (χ0v) is 16.9. The van der Waals surface area contributed by atoms with Crippen molar-refractivity contribution in [3.05, 3.63) is 39.7 Å². The van der Waals surface area contributed by atoms with E-state index in [4.69, 9.17) is 21.4 Å². The van der Waals surface area contributed by atoms with Gasteiger partial charge in [-0.3, -0.25) is 15.6 Å². The summed E-state index contributed by atoms with van der Waals surface area (Å²) >= 11 is 6.76. The van der Waals surface area contributed by atoms with Crippen LogP contribution in [-0.2, 0) is 17.6 Å². The van der Waals surface area contributed by atoms with E-state index < -0.39 is 0 Å². The van der Waals surface area contributed by atoms with Crippen molar-refractivity contribution < 1.29 is 18.7 Å². The molecule has 0 saturated heterocycles. The van der Waals surface area contributed by atoms with Crippen LogP contribution in [0.3, 0.4) is 0 Å². The molecule has 1 atom stereocenters. The molecule has 0 aliphatic heterocycles. The van der Waals surface area contributed by atoms with Crippen LogP contribution >= 0.6 is 23.6 Å². The van der Waals surface area contributed by atoms with Crippen molar-refractivity contribution in [2.75, 3.05) is 12.4 Å². The van der Waals surface area contributed by atoms with E-state index in [1.54, 1.807) is 13.0 Å². The number of amides is 1. The highest BCUT2D eigenvalue weighted by Gasteiger charge is 2.28. The zero-order valence-electron chi connectivity index (χ0n) is 15.3. The maximum atomic E-state index is 12.3. The Morgan fingerprint density at radius 1 is 1.37 bits per heavy atom. The third-order valence-electron chi connectivity index (χ3n) is 4.52. The molecule has 7 nitrogen and oxygen atoms in total. The van der Waals surface area contributed by atoms with Crippen LogP contribution in [0.15, 0.2) is 16.7 Å². The quantitative estimate of drug-likeness (QED) is 0.409. The second kappa shape index (κ2) is 8.10. The van der Waals surface area contributed by atoms with Gasteiger partial charge in [0.2, 0.25) is 0 Å². The van der Waals surface area contributed by atoms with Crippen LogP contribution in [0.1, 0.15) is 50.3 Å². The average molecular weight is 408 g/mol. The van der Waals surface area contributed by atoms with E-state index in [1.807, 2.05) is 0 Å². The molecule has 2 aromatic rings. The number of aryl methyl sites for hydroxylation is 1. The topological polar surface area (TPSA) is 92.6 Å². The monoisotopic (exact) mass is 407 g/mol. The predicted molar refractivity (Wildman–Crippen MR) is 107 cm³/mol. The van der Waals surface area contributed by atoms with Crippen LogP contribution < -0.4 is 16.2 Å². The van der Waals surface area contributed by atoms with Crippen molar-refractivity contribution in [3.8, 4) is 0 Å². The Kier molecular flexibility index (Phi) is 5.81. The average Bonchev–Trinajstić information content (AvgIpc) is 3.21. The molecule has 0 aromatic carbocycles. The Balaban J connectivity index is 1.71. The largest absolute Gasteiger partial charge is 0.469 e. The Morgan fingerprint density at radius 3 is 2.81 bits per heavy atom. The molecule has 3 N–H and O–H groups in total. The summed E-state index contributed by atoms with van der Waals surface area (Å²) in [4.78, 5) is 25.6. The molecule has 2 aromatic heterocycles. The summed E-state index contributed by atoms with van der Waals surface area (Å²) in [6, 6.07) is 1.58. The summed E-state index contributed by atoms with van der Waals surface area (Å²) in [6.45, 7) is 3.90. The molecule has 1 amide bonds. The Labute approximate surface area is 166 Å². The maximum Gasteiger partial charge on any atom is 0.341 e. The van der Waals surface area contributed by atoms with Crippen LogP contribution in [0, 0.1) is 12.8 Å². The van der Waals surface area contributed by atoms with E-state index >= 15 is 0 Å². The lowest BCUT2D eigenvalue weighted by molar-refractivity contribution is 0.0600. The number of nitrogens with one attached hydrogen (secondary N) is 3. The first-order valence-corrected chi connectivity index (χ1v) is 9.77. The number of esters is 1. The van der Waals surface area contributed by atoms with Crippen molar-refractivity contribution >= 4 is 45.5 Å². The van der Waals surface area contributed by atoms with Gasteiger partial charge in [0.1, 0.15) is 10.8 Å². The van der Waals surface area contributed by atoms with Gasteiger partial charge in [-0.05, 0) is 56.0 Å². The Hall–Kier alpha value is -2.39. The molecule has 2 heterocycles. The Morgan fingerprint density at radius 2 is 2.15 bits per heavy atom. The number of hydrogen-bond acceptors (Lipinski definition) is 6. The first-order chi connectivity index (χ1) is 12.9. The summed E-state index contributed by atoms with van der Waals surface area (Å²) in [7, 11) is 1.37. The van der Waals surface area contributed by atoms with Crippen LogP contribution in [0.4, 0.5) is 5.00 Å². The van der Waals surface area contributed by atoms with Crippen molar-refractivity contribution in [2.45, 2.75) is 33.1 Å². The maximum absolute atomic E-state index is 12.3. The minimum absolute atomic E-state index is 0.182. The lowest BCUT2D eigenvalue weighted by Gasteiger charge is -2.18. The molecule has 3 rings (SSSR count). The zero-order chi connectivity index (χ0) is 19.6. The van der Waals surface area contributed by atoms with E-state index in [1.165, 1.54) is 29.6 Å². The number of carbonyl (C=O) groups excluding carboxylic acids is 2. The molecule has 9 heteroatoms. The summed E-state index contributed by atoms with van der Waals surface area (Å²) in [5.41, 5.74) is 7.15. The number of furan rings is 1. The minimum Gasteiger partial charge on any atom is -0.469 e. The normalized spacial score (nSPS) is 15.6. The third kappa shape index (κ3) is 4.14. The van der Waals surface area contributed by atoms with Gasteiger partial charge >= 0.3 is 5.97 Å². The number of rotatable bonds is 3. The fourth-order valence-corrected chi connectivity index (χ4v) is 4.71. The minimum atomic E-state index is -0.384. The van der Waals surface area contributed by atoms with Gasteiger partial charge in [-0.25, -0.2) is 4.79 Å². The number of thiophene rings is 1. The number of thiocarbonyl (C=S) groups is 1. The van der Waals surface area contributed by atoms with Gasteiger partial charge in [0.05, 0.1) is 24.5 Å². The fourth-order valence-electron chi connectivity index (χ4n) is 3.09. The smallest absolute Gasteiger partial charge is 0.341 e. The van der Waals surface area contributed by atoms with Crippen molar-refractivity contribution in [2.24, 2.45) is 5.92 Å². The van der Waals surface area contributed by atoms with Crippen LogP contribution in [0.25, 0.3) is 0 Å². The molecule has 0 spiro atoms. The van der Waals surface area contributed by atoms with Crippen molar-refractivity contribution in [1.82, 2.24) is 10.9 Å². The summed E-state index contributed by atoms with van der Waals surface area (Å²) < 4.78 is 10.1. The highest BCUT2D eigenvalue weighted by Crippen LogP contribution is 2.39. The molecular formula is C18H21N3O4S2. The first-order valence-electron chi connectivity index (χ1n) is 8.55. The lowest BCUT2D eigenvalue weighted by atomic mass is 9.88. The molecule has 1 aliphatic rings. The first kappa shape index (κ1) is 19.4. The molecule has 0 fully saturated rings. The molecule has 0 radical (unpaired) electrons. The van der Waals surface area contributed by atoms with Gasteiger partial charge in [-0.2, -0.15) is 0 Å². The van der Waals surface area contributed by atoms with Gasteiger partial charge in [0, 0.05) is 4.88 Å². The van der Waals surface area contributed by atoms with Crippen molar-refractivity contribution in [1.29, 1.82) is 0 Å². The predicted octanol–water partition coefficient (Wildman–Crippen LogP) is 3.19. The Bertz CT molecular complexity index is 887. The highest BCUT2D eigenvalue weighted by molar-refractivity contribution is 7.80. The highest BCUT2D eigenvalue weighted by atomic mass is 32.1. The molecule has 0 unspecified atom stereocenters. The van der Waals surface area contributed by atoms with Gasteiger partial charge < -0.3 is 14.5 Å². The van der Waals surface area contributed by atoms with E-state index in [0.717, 1.165) is 24.8 Å². The molecular weight excluding hydrogens is 386 g/mol.